The van der Waals surface area contributed by atoms with Gasteiger partial charge in [-0.05, 0) is 20.3 Å². The third-order valence-electron chi connectivity index (χ3n) is 2.35. The van der Waals surface area contributed by atoms with E-state index in [1.54, 1.807) is 13.8 Å². The second-order valence-electron chi connectivity index (χ2n) is 3.29. The van der Waals surface area contributed by atoms with Gasteiger partial charge in [0.25, 0.3) is 0 Å². The summed E-state index contributed by atoms with van der Waals surface area (Å²) in [5, 5.41) is 13.1. The van der Waals surface area contributed by atoms with Crippen molar-refractivity contribution >= 4 is 11.7 Å². The molecule has 1 rings (SSSR count). The fourth-order valence-electron chi connectivity index (χ4n) is 1.43. The first-order valence-corrected chi connectivity index (χ1v) is 4.53. The Bertz CT molecular complexity index is 357. The number of nitrogens with zero attached hydrogens (tertiary/aromatic N) is 2. The maximum atomic E-state index is 10.9. The van der Waals surface area contributed by atoms with E-state index >= 15 is 0 Å². The van der Waals surface area contributed by atoms with Crippen LogP contribution in [0, 0.1) is 13.8 Å². The van der Waals surface area contributed by atoms with Crippen molar-refractivity contribution in [2.75, 3.05) is 5.73 Å². The number of anilines is 1. The zero-order chi connectivity index (χ0) is 10.9. The number of hydrogen-bond donors (Lipinski definition) is 2. The van der Waals surface area contributed by atoms with E-state index in [-0.39, 0.29) is 0 Å². The van der Waals surface area contributed by atoms with E-state index < -0.39 is 12.0 Å². The first-order chi connectivity index (χ1) is 6.49. The van der Waals surface area contributed by atoms with Crippen LogP contribution in [0.2, 0.25) is 0 Å². The molecule has 5 nitrogen and oxygen atoms in total. The van der Waals surface area contributed by atoms with E-state index in [1.165, 1.54) is 4.68 Å². The fourth-order valence-corrected chi connectivity index (χ4v) is 1.43. The fraction of sp³-hybridized carbons (Fsp3) is 0.556. The highest BCUT2D eigenvalue weighted by atomic mass is 16.4. The molecule has 78 valence electrons. The molecular formula is C9H15N3O2. The van der Waals surface area contributed by atoms with Gasteiger partial charge in [-0.2, -0.15) is 5.10 Å². The van der Waals surface area contributed by atoms with Gasteiger partial charge in [-0.25, -0.2) is 4.79 Å². The number of aromatic nitrogens is 2. The van der Waals surface area contributed by atoms with E-state index in [9.17, 15) is 4.79 Å². The van der Waals surface area contributed by atoms with Crippen LogP contribution in [0.3, 0.4) is 0 Å². The first-order valence-electron chi connectivity index (χ1n) is 4.53. The third kappa shape index (κ3) is 1.57. The van der Waals surface area contributed by atoms with Gasteiger partial charge in [-0.15, -0.1) is 0 Å². The maximum absolute atomic E-state index is 10.9. The van der Waals surface area contributed by atoms with Crippen LogP contribution in [0.1, 0.15) is 30.8 Å². The lowest BCUT2D eigenvalue weighted by Gasteiger charge is -2.12. The summed E-state index contributed by atoms with van der Waals surface area (Å²) in [5.41, 5.74) is 7.69. The Kier molecular flexibility index (Phi) is 2.78. The van der Waals surface area contributed by atoms with Crippen molar-refractivity contribution in [3.8, 4) is 0 Å². The zero-order valence-corrected chi connectivity index (χ0v) is 8.61. The van der Waals surface area contributed by atoms with Gasteiger partial charge < -0.3 is 10.8 Å². The molecule has 0 spiro atoms. The molecule has 1 unspecified atom stereocenters. The monoisotopic (exact) mass is 197 g/mol. The highest BCUT2D eigenvalue weighted by molar-refractivity contribution is 5.72. The minimum absolute atomic E-state index is 0.497. The Morgan fingerprint density at radius 3 is 2.50 bits per heavy atom. The van der Waals surface area contributed by atoms with Crippen LogP contribution >= 0.6 is 0 Å². The highest BCUT2D eigenvalue weighted by Gasteiger charge is 2.21. The summed E-state index contributed by atoms with van der Waals surface area (Å²) >= 11 is 0. The van der Waals surface area contributed by atoms with Gasteiger partial charge in [0.15, 0.2) is 0 Å². The normalized spacial score (nSPS) is 12.8. The standard InChI is InChI=1S/C9H15N3O2/c1-4-7(9(13)14)12-6(3)8(10)5(2)11-12/h7H,4,10H2,1-3H3,(H,13,14). The van der Waals surface area contributed by atoms with Crippen molar-refractivity contribution in [2.45, 2.75) is 33.2 Å². The second kappa shape index (κ2) is 3.69. The van der Waals surface area contributed by atoms with Gasteiger partial charge in [-0.3, -0.25) is 4.68 Å². The first kappa shape index (κ1) is 10.6. The van der Waals surface area contributed by atoms with Gasteiger partial charge in [0.05, 0.1) is 17.1 Å². The summed E-state index contributed by atoms with van der Waals surface area (Å²) in [7, 11) is 0. The van der Waals surface area contributed by atoms with Crippen molar-refractivity contribution in [1.82, 2.24) is 9.78 Å². The SMILES string of the molecule is CCC(C(=O)O)n1nc(C)c(N)c1C. The second-order valence-corrected chi connectivity index (χ2v) is 3.29. The van der Waals surface area contributed by atoms with Crippen molar-refractivity contribution < 1.29 is 9.90 Å². The summed E-state index contributed by atoms with van der Waals surface area (Å²) in [4.78, 5) is 10.9. The number of rotatable bonds is 3. The Morgan fingerprint density at radius 2 is 2.21 bits per heavy atom. The summed E-state index contributed by atoms with van der Waals surface area (Å²) in [6, 6.07) is -0.619. The average Bonchev–Trinajstić information content (AvgIpc) is 2.35. The molecule has 1 aromatic rings. The van der Waals surface area contributed by atoms with Gasteiger partial charge in [0.1, 0.15) is 6.04 Å². The molecule has 0 aromatic carbocycles. The molecule has 3 N–H and O–H groups in total. The summed E-state index contributed by atoms with van der Waals surface area (Å²) in [6.45, 7) is 5.36. The quantitative estimate of drug-likeness (QED) is 0.760. The molecule has 0 saturated heterocycles. The number of nitrogens with two attached hydrogens (primary N) is 1. The molecule has 0 aliphatic heterocycles. The van der Waals surface area contributed by atoms with Gasteiger partial charge in [-0.1, -0.05) is 6.92 Å². The van der Waals surface area contributed by atoms with Gasteiger partial charge >= 0.3 is 5.97 Å². The lowest BCUT2D eigenvalue weighted by molar-refractivity contribution is -0.141. The molecule has 0 saturated carbocycles. The zero-order valence-electron chi connectivity index (χ0n) is 8.61. The van der Waals surface area contributed by atoms with Crippen molar-refractivity contribution in [1.29, 1.82) is 0 Å². The van der Waals surface area contributed by atoms with Crippen LogP contribution in [-0.4, -0.2) is 20.9 Å². The Labute approximate surface area is 82.5 Å². The molecule has 0 aliphatic rings. The molecule has 0 fully saturated rings. The number of carboxylic acids is 1. The number of hydrogen-bond acceptors (Lipinski definition) is 3. The minimum Gasteiger partial charge on any atom is -0.480 e. The van der Waals surface area contributed by atoms with Crippen LogP contribution in [0.5, 0.6) is 0 Å². The van der Waals surface area contributed by atoms with Gasteiger partial charge in [0, 0.05) is 0 Å². The number of carbonyl (C=O) groups is 1. The number of aliphatic carboxylic acids is 1. The van der Waals surface area contributed by atoms with Crippen molar-refractivity contribution in [2.24, 2.45) is 0 Å². The average molecular weight is 197 g/mol. The number of nitrogen functional groups attached to an aromatic ring is 1. The topological polar surface area (TPSA) is 81.1 Å². The van der Waals surface area contributed by atoms with E-state index in [2.05, 4.69) is 5.10 Å². The van der Waals surface area contributed by atoms with Crippen LogP contribution < -0.4 is 5.73 Å². The molecule has 0 amide bonds. The molecule has 1 atom stereocenters. The minimum atomic E-state index is -0.877. The van der Waals surface area contributed by atoms with E-state index in [0.717, 1.165) is 5.69 Å². The molecule has 1 heterocycles. The Balaban J connectivity index is 3.17. The Morgan fingerprint density at radius 1 is 1.64 bits per heavy atom. The summed E-state index contributed by atoms with van der Waals surface area (Å²) in [5.74, 6) is -0.877. The van der Waals surface area contributed by atoms with Crippen LogP contribution in [0.15, 0.2) is 0 Å². The van der Waals surface area contributed by atoms with E-state index in [0.29, 0.717) is 17.8 Å². The number of aryl methyl sites for hydroxylation is 1. The summed E-state index contributed by atoms with van der Waals surface area (Å²) in [6.07, 6.45) is 0.497. The highest BCUT2D eigenvalue weighted by Crippen LogP contribution is 2.21. The molecule has 5 heteroatoms. The summed E-state index contributed by atoms with van der Waals surface area (Å²) < 4.78 is 1.48. The predicted octanol–water partition coefficient (Wildman–Crippen LogP) is 1.12. The smallest absolute Gasteiger partial charge is 0.328 e. The van der Waals surface area contributed by atoms with Crippen molar-refractivity contribution in [3.05, 3.63) is 11.4 Å². The predicted molar refractivity (Wildman–Crippen MR) is 53.1 cm³/mol. The van der Waals surface area contributed by atoms with E-state index in [4.69, 9.17) is 10.8 Å². The molecule has 1 aromatic heterocycles. The molecule has 0 radical (unpaired) electrons. The Hall–Kier alpha value is -1.52. The van der Waals surface area contributed by atoms with E-state index in [1.807, 2.05) is 6.92 Å². The molecular weight excluding hydrogens is 182 g/mol. The largest absolute Gasteiger partial charge is 0.480 e. The molecule has 0 bridgehead atoms. The lowest BCUT2D eigenvalue weighted by Crippen LogP contribution is -2.20. The van der Waals surface area contributed by atoms with Gasteiger partial charge in [0.2, 0.25) is 0 Å². The van der Waals surface area contributed by atoms with Crippen LogP contribution in [0.25, 0.3) is 0 Å². The van der Waals surface area contributed by atoms with Crippen LogP contribution in [0.4, 0.5) is 5.69 Å². The number of carboxylic acid groups (broad SMARTS) is 1. The lowest BCUT2D eigenvalue weighted by atomic mass is 10.2. The third-order valence-corrected chi connectivity index (χ3v) is 2.35. The molecule has 14 heavy (non-hydrogen) atoms. The van der Waals surface area contributed by atoms with Crippen molar-refractivity contribution in [3.63, 3.8) is 0 Å². The molecule has 0 aliphatic carbocycles. The van der Waals surface area contributed by atoms with Crippen LogP contribution in [-0.2, 0) is 4.79 Å². The maximum Gasteiger partial charge on any atom is 0.328 e.